The molecule has 2 N–H and O–H groups in total. The van der Waals surface area contributed by atoms with Crippen LogP contribution in [0.4, 0.5) is 0 Å². The van der Waals surface area contributed by atoms with Crippen LogP contribution in [0.2, 0.25) is 0 Å². The van der Waals surface area contributed by atoms with Crippen LogP contribution in [0.5, 0.6) is 0 Å². The molecule has 12 heavy (non-hydrogen) atoms. The lowest BCUT2D eigenvalue weighted by atomic mass is 9.93. The van der Waals surface area contributed by atoms with E-state index in [1.165, 1.54) is 37.9 Å². The van der Waals surface area contributed by atoms with Crippen molar-refractivity contribution in [1.82, 2.24) is 10.6 Å². The van der Waals surface area contributed by atoms with Crippen LogP contribution in [0.1, 0.15) is 19.3 Å². The van der Waals surface area contributed by atoms with Gasteiger partial charge in [-0.05, 0) is 45.3 Å². The lowest BCUT2D eigenvalue weighted by Crippen LogP contribution is -2.30. The highest BCUT2D eigenvalue weighted by Gasteiger charge is 2.13. The quantitative estimate of drug-likeness (QED) is 0.615. The molecule has 1 aliphatic heterocycles. The number of piperidine rings is 1. The number of hydrogen-bond donors (Lipinski definition) is 2. The largest absolute Gasteiger partial charge is 0.316 e. The number of likely N-dealkylation sites (N-methyl/N-ethyl adjacent to an activating group) is 1. The summed E-state index contributed by atoms with van der Waals surface area (Å²) in [6.45, 7) is 7.40. The molecule has 1 rings (SSSR count). The molecule has 2 heteroatoms. The van der Waals surface area contributed by atoms with Crippen molar-refractivity contribution in [2.45, 2.75) is 19.3 Å². The first kappa shape index (κ1) is 9.75. The van der Waals surface area contributed by atoms with Crippen LogP contribution in [-0.4, -0.2) is 26.7 Å². The summed E-state index contributed by atoms with van der Waals surface area (Å²) in [5.74, 6) is 0.833. The molecule has 0 radical (unpaired) electrons. The van der Waals surface area contributed by atoms with E-state index in [2.05, 4.69) is 17.2 Å². The van der Waals surface area contributed by atoms with E-state index in [0.29, 0.717) is 0 Å². The Morgan fingerprint density at radius 3 is 3.08 bits per heavy atom. The van der Waals surface area contributed by atoms with Gasteiger partial charge in [0.1, 0.15) is 0 Å². The molecule has 2 nitrogen and oxygen atoms in total. The molecule has 1 unspecified atom stereocenters. The molecule has 0 aromatic heterocycles. The molecule has 1 saturated heterocycles. The first-order valence-electron chi connectivity index (χ1n) is 4.85. The van der Waals surface area contributed by atoms with Gasteiger partial charge < -0.3 is 10.6 Å². The maximum Gasteiger partial charge on any atom is 0.0159 e. The summed E-state index contributed by atoms with van der Waals surface area (Å²) in [7, 11) is 1.98. The van der Waals surface area contributed by atoms with Gasteiger partial charge >= 0.3 is 0 Å². The molecule has 1 fully saturated rings. The van der Waals surface area contributed by atoms with Crippen molar-refractivity contribution >= 4 is 0 Å². The van der Waals surface area contributed by atoms with Gasteiger partial charge in [0.15, 0.2) is 0 Å². The molecule has 1 aliphatic rings. The van der Waals surface area contributed by atoms with Crippen molar-refractivity contribution in [2.24, 2.45) is 5.92 Å². The van der Waals surface area contributed by atoms with Gasteiger partial charge in [-0.15, -0.1) is 0 Å². The first-order valence-corrected chi connectivity index (χ1v) is 4.85. The van der Waals surface area contributed by atoms with Crippen LogP contribution < -0.4 is 10.6 Å². The fourth-order valence-electron chi connectivity index (χ4n) is 1.83. The van der Waals surface area contributed by atoms with Crippen molar-refractivity contribution in [3.63, 3.8) is 0 Å². The topological polar surface area (TPSA) is 24.1 Å². The van der Waals surface area contributed by atoms with Crippen LogP contribution in [-0.2, 0) is 0 Å². The second-order valence-electron chi connectivity index (χ2n) is 3.70. The van der Waals surface area contributed by atoms with E-state index < -0.39 is 0 Å². The Labute approximate surface area is 75.4 Å². The summed E-state index contributed by atoms with van der Waals surface area (Å²) in [4.78, 5) is 0. The average molecular weight is 168 g/mol. The fourth-order valence-corrected chi connectivity index (χ4v) is 1.83. The Morgan fingerprint density at radius 1 is 1.67 bits per heavy atom. The van der Waals surface area contributed by atoms with Gasteiger partial charge in [0.2, 0.25) is 0 Å². The third-order valence-electron chi connectivity index (χ3n) is 2.40. The third-order valence-corrected chi connectivity index (χ3v) is 2.40. The summed E-state index contributed by atoms with van der Waals surface area (Å²) in [6, 6.07) is 0. The van der Waals surface area contributed by atoms with E-state index in [0.717, 1.165) is 12.5 Å². The van der Waals surface area contributed by atoms with Crippen LogP contribution in [0, 0.1) is 5.92 Å². The minimum absolute atomic E-state index is 0.833. The van der Waals surface area contributed by atoms with Crippen LogP contribution in [0.3, 0.4) is 0 Å². The number of rotatable bonds is 4. The summed E-state index contributed by atoms with van der Waals surface area (Å²) in [5.41, 5.74) is 1.34. The standard InChI is InChI=1S/C10H20N2/c1-9(7-11-2)6-10-4-3-5-12-8-10/h10-12H,1,3-8H2,2H3. The van der Waals surface area contributed by atoms with Crippen molar-refractivity contribution in [3.05, 3.63) is 12.2 Å². The average Bonchev–Trinajstić information content (AvgIpc) is 2.06. The Hall–Kier alpha value is -0.340. The minimum Gasteiger partial charge on any atom is -0.316 e. The SMILES string of the molecule is C=C(CNC)CC1CCCNC1. The maximum atomic E-state index is 4.05. The highest BCUT2D eigenvalue weighted by Crippen LogP contribution is 2.17. The molecule has 0 saturated carbocycles. The van der Waals surface area contributed by atoms with Crippen LogP contribution in [0.25, 0.3) is 0 Å². The predicted molar refractivity (Wildman–Crippen MR) is 53.3 cm³/mol. The minimum atomic E-state index is 0.833. The van der Waals surface area contributed by atoms with Crippen molar-refractivity contribution in [2.75, 3.05) is 26.7 Å². The normalized spacial score (nSPS) is 23.9. The third kappa shape index (κ3) is 3.37. The Kier molecular flexibility index (Phi) is 4.33. The molecule has 0 aromatic carbocycles. The zero-order chi connectivity index (χ0) is 8.81. The van der Waals surface area contributed by atoms with Crippen molar-refractivity contribution < 1.29 is 0 Å². The number of nitrogens with one attached hydrogen (secondary N) is 2. The fraction of sp³-hybridized carbons (Fsp3) is 0.800. The summed E-state index contributed by atoms with van der Waals surface area (Å²) >= 11 is 0. The molecule has 0 spiro atoms. The molecule has 0 bridgehead atoms. The van der Waals surface area contributed by atoms with E-state index in [1.807, 2.05) is 7.05 Å². The van der Waals surface area contributed by atoms with E-state index in [-0.39, 0.29) is 0 Å². The van der Waals surface area contributed by atoms with E-state index in [9.17, 15) is 0 Å². The van der Waals surface area contributed by atoms with Gasteiger partial charge in [-0.3, -0.25) is 0 Å². The number of hydrogen-bond acceptors (Lipinski definition) is 2. The summed E-state index contributed by atoms with van der Waals surface area (Å²) in [5, 5.41) is 6.56. The van der Waals surface area contributed by atoms with E-state index >= 15 is 0 Å². The van der Waals surface area contributed by atoms with Gasteiger partial charge in [0.05, 0.1) is 0 Å². The molecule has 70 valence electrons. The second kappa shape index (κ2) is 5.33. The molecule has 0 aromatic rings. The van der Waals surface area contributed by atoms with E-state index in [1.54, 1.807) is 0 Å². The smallest absolute Gasteiger partial charge is 0.0159 e. The Balaban J connectivity index is 2.15. The first-order chi connectivity index (χ1) is 5.83. The molecule has 0 amide bonds. The van der Waals surface area contributed by atoms with Gasteiger partial charge in [0.25, 0.3) is 0 Å². The Bertz CT molecular complexity index is 137. The lowest BCUT2D eigenvalue weighted by molar-refractivity contribution is 0.373. The molecular weight excluding hydrogens is 148 g/mol. The van der Waals surface area contributed by atoms with Crippen molar-refractivity contribution in [1.29, 1.82) is 0 Å². The maximum absolute atomic E-state index is 4.05. The predicted octanol–water partition coefficient (Wildman–Crippen LogP) is 1.15. The van der Waals surface area contributed by atoms with Gasteiger partial charge in [-0.1, -0.05) is 12.2 Å². The van der Waals surface area contributed by atoms with Crippen molar-refractivity contribution in [3.8, 4) is 0 Å². The lowest BCUT2D eigenvalue weighted by Gasteiger charge is -2.23. The zero-order valence-corrected chi connectivity index (χ0v) is 8.03. The van der Waals surface area contributed by atoms with Crippen LogP contribution >= 0.6 is 0 Å². The monoisotopic (exact) mass is 168 g/mol. The van der Waals surface area contributed by atoms with Gasteiger partial charge in [-0.2, -0.15) is 0 Å². The van der Waals surface area contributed by atoms with Crippen LogP contribution in [0.15, 0.2) is 12.2 Å². The molecule has 0 aliphatic carbocycles. The molecule has 1 heterocycles. The molecule has 1 atom stereocenters. The summed E-state index contributed by atoms with van der Waals surface area (Å²) in [6.07, 6.45) is 3.89. The highest BCUT2D eigenvalue weighted by molar-refractivity contribution is 4.98. The second-order valence-corrected chi connectivity index (χ2v) is 3.70. The Morgan fingerprint density at radius 2 is 2.50 bits per heavy atom. The molecular formula is C10H20N2. The van der Waals surface area contributed by atoms with E-state index in [4.69, 9.17) is 0 Å². The van der Waals surface area contributed by atoms with Gasteiger partial charge in [-0.25, -0.2) is 0 Å². The van der Waals surface area contributed by atoms with Gasteiger partial charge in [0, 0.05) is 6.54 Å². The highest BCUT2D eigenvalue weighted by atomic mass is 14.9. The summed E-state index contributed by atoms with van der Waals surface area (Å²) < 4.78 is 0. The zero-order valence-electron chi connectivity index (χ0n) is 8.03.